The van der Waals surface area contributed by atoms with Gasteiger partial charge in [0.25, 0.3) is 5.91 Å². The van der Waals surface area contributed by atoms with E-state index < -0.39 is 0 Å². The highest BCUT2D eigenvalue weighted by atomic mass is 16.5. The standard InChI is InChI=1S/C21H19NO2/c1-15-3-5-16(6-4-15)17-7-9-18(10-8-17)21(23)22-19-11-13-20(24-2)14-12-19/h3-14H,1-2H3,(H,22,23). The number of aryl methyl sites for hydroxylation is 1. The minimum Gasteiger partial charge on any atom is -0.497 e. The largest absolute Gasteiger partial charge is 0.497 e. The van der Waals surface area contributed by atoms with E-state index in [9.17, 15) is 4.79 Å². The Balaban J connectivity index is 1.72. The van der Waals surface area contributed by atoms with E-state index in [0.29, 0.717) is 5.56 Å². The van der Waals surface area contributed by atoms with Gasteiger partial charge in [-0.2, -0.15) is 0 Å². The molecule has 24 heavy (non-hydrogen) atoms. The number of methoxy groups -OCH3 is 1. The lowest BCUT2D eigenvalue weighted by Gasteiger charge is -2.07. The van der Waals surface area contributed by atoms with E-state index in [-0.39, 0.29) is 5.91 Å². The van der Waals surface area contributed by atoms with Gasteiger partial charge in [0.05, 0.1) is 7.11 Å². The Hall–Kier alpha value is -3.07. The van der Waals surface area contributed by atoms with Crippen LogP contribution in [-0.4, -0.2) is 13.0 Å². The van der Waals surface area contributed by atoms with Crippen molar-refractivity contribution < 1.29 is 9.53 Å². The van der Waals surface area contributed by atoms with Crippen molar-refractivity contribution in [2.24, 2.45) is 0 Å². The Morgan fingerprint density at radius 2 is 1.33 bits per heavy atom. The highest BCUT2D eigenvalue weighted by molar-refractivity contribution is 6.04. The molecule has 3 rings (SSSR count). The summed E-state index contributed by atoms with van der Waals surface area (Å²) in [6.07, 6.45) is 0. The minimum atomic E-state index is -0.129. The second-order valence-corrected chi connectivity index (χ2v) is 5.63. The molecular formula is C21H19NO2. The van der Waals surface area contributed by atoms with Gasteiger partial charge in [-0.15, -0.1) is 0 Å². The molecule has 120 valence electrons. The van der Waals surface area contributed by atoms with Crippen molar-refractivity contribution in [3.05, 3.63) is 83.9 Å². The molecule has 0 bridgehead atoms. The fourth-order valence-corrected chi connectivity index (χ4v) is 2.44. The number of carbonyl (C=O) groups excluding carboxylic acids is 1. The van der Waals surface area contributed by atoms with Gasteiger partial charge in [0, 0.05) is 11.3 Å². The molecule has 1 N–H and O–H groups in total. The molecule has 0 saturated heterocycles. The van der Waals surface area contributed by atoms with Gasteiger partial charge >= 0.3 is 0 Å². The molecule has 0 unspecified atom stereocenters. The van der Waals surface area contributed by atoms with Crippen molar-refractivity contribution in [2.45, 2.75) is 6.92 Å². The van der Waals surface area contributed by atoms with Crippen LogP contribution in [0.5, 0.6) is 5.75 Å². The van der Waals surface area contributed by atoms with Crippen molar-refractivity contribution in [2.75, 3.05) is 12.4 Å². The zero-order valence-corrected chi connectivity index (χ0v) is 13.7. The summed E-state index contributed by atoms with van der Waals surface area (Å²) in [6.45, 7) is 2.07. The molecule has 0 aliphatic carbocycles. The van der Waals surface area contributed by atoms with Crippen LogP contribution in [0.4, 0.5) is 5.69 Å². The van der Waals surface area contributed by atoms with Gasteiger partial charge in [0.1, 0.15) is 5.75 Å². The molecule has 3 heteroatoms. The van der Waals surface area contributed by atoms with Crippen LogP contribution in [0.1, 0.15) is 15.9 Å². The molecule has 0 atom stereocenters. The molecule has 3 aromatic rings. The van der Waals surface area contributed by atoms with E-state index in [4.69, 9.17) is 4.74 Å². The van der Waals surface area contributed by atoms with Gasteiger partial charge < -0.3 is 10.1 Å². The Kier molecular flexibility index (Phi) is 4.62. The number of nitrogens with one attached hydrogen (secondary N) is 1. The molecule has 0 heterocycles. The Morgan fingerprint density at radius 3 is 1.88 bits per heavy atom. The lowest BCUT2D eigenvalue weighted by molar-refractivity contribution is 0.102. The second kappa shape index (κ2) is 7.01. The predicted molar refractivity (Wildman–Crippen MR) is 97.6 cm³/mol. The van der Waals surface area contributed by atoms with E-state index in [1.165, 1.54) is 5.56 Å². The average molecular weight is 317 g/mol. The third kappa shape index (κ3) is 3.63. The lowest BCUT2D eigenvalue weighted by atomic mass is 10.0. The van der Waals surface area contributed by atoms with Crippen molar-refractivity contribution in [3.8, 4) is 16.9 Å². The number of amides is 1. The van der Waals surface area contributed by atoms with E-state index in [1.54, 1.807) is 7.11 Å². The average Bonchev–Trinajstić information content (AvgIpc) is 2.63. The van der Waals surface area contributed by atoms with Gasteiger partial charge in [-0.25, -0.2) is 0 Å². The highest BCUT2D eigenvalue weighted by Gasteiger charge is 2.07. The van der Waals surface area contributed by atoms with Crippen LogP contribution in [-0.2, 0) is 0 Å². The molecular weight excluding hydrogens is 298 g/mol. The van der Waals surface area contributed by atoms with Crippen LogP contribution >= 0.6 is 0 Å². The maximum absolute atomic E-state index is 12.3. The normalized spacial score (nSPS) is 10.2. The second-order valence-electron chi connectivity index (χ2n) is 5.63. The number of benzene rings is 3. The third-order valence-electron chi connectivity index (χ3n) is 3.88. The smallest absolute Gasteiger partial charge is 0.255 e. The van der Waals surface area contributed by atoms with Crippen LogP contribution in [0, 0.1) is 6.92 Å². The number of carbonyl (C=O) groups is 1. The first-order chi connectivity index (χ1) is 11.7. The predicted octanol–water partition coefficient (Wildman–Crippen LogP) is 4.92. The van der Waals surface area contributed by atoms with Crippen LogP contribution in [0.25, 0.3) is 11.1 Å². The Labute approximate surface area is 141 Å². The summed E-state index contributed by atoms with van der Waals surface area (Å²) in [5.41, 5.74) is 4.83. The maximum Gasteiger partial charge on any atom is 0.255 e. The van der Waals surface area contributed by atoms with Crippen molar-refractivity contribution in [1.82, 2.24) is 0 Å². The van der Waals surface area contributed by atoms with Gasteiger partial charge in [-0.1, -0.05) is 42.0 Å². The fourth-order valence-electron chi connectivity index (χ4n) is 2.44. The Bertz CT molecular complexity index is 819. The first-order valence-corrected chi connectivity index (χ1v) is 7.78. The summed E-state index contributed by atoms with van der Waals surface area (Å²) in [5, 5.41) is 2.88. The van der Waals surface area contributed by atoms with Crippen molar-refractivity contribution in [3.63, 3.8) is 0 Å². The van der Waals surface area contributed by atoms with Crippen molar-refractivity contribution in [1.29, 1.82) is 0 Å². The molecule has 1 amide bonds. The van der Waals surface area contributed by atoms with E-state index in [2.05, 4.69) is 36.5 Å². The molecule has 0 aromatic heterocycles. The van der Waals surface area contributed by atoms with E-state index in [1.807, 2.05) is 48.5 Å². The zero-order chi connectivity index (χ0) is 16.9. The minimum absolute atomic E-state index is 0.129. The zero-order valence-electron chi connectivity index (χ0n) is 13.7. The fraction of sp³-hybridized carbons (Fsp3) is 0.0952. The quantitative estimate of drug-likeness (QED) is 0.741. The molecule has 3 nitrogen and oxygen atoms in total. The SMILES string of the molecule is COc1ccc(NC(=O)c2ccc(-c3ccc(C)cc3)cc2)cc1. The highest BCUT2D eigenvalue weighted by Crippen LogP contribution is 2.21. The molecule has 0 aliphatic rings. The summed E-state index contributed by atoms with van der Waals surface area (Å²) >= 11 is 0. The molecule has 0 saturated carbocycles. The summed E-state index contributed by atoms with van der Waals surface area (Å²) in [6, 6.07) is 23.2. The van der Waals surface area contributed by atoms with Crippen LogP contribution in [0.3, 0.4) is 0 Å². The topological polar surface area (TPSA) is 38.3 Å². The van der Waals surface area contributed by atoms with Gasteiger partial charge in [-0.3, -0.25) is 4.79 Å². The third-order valence-corrected chi connectivity index (χ3v) is 3.88. The van der Waals surface area contributed by atoms with Crippen molar-refractivity contribution >= 4 is 11.6 Å². The number of anilines is 1. The molecule has 0 aliphatic heterocycles. The number of ether oxygens (including phenoxy) is 1. The molecule has 3 aromatic carbocycles. The maximum atomic E-state index is 12.3. The summed E-state index contributed by atoms with van der Waals surface area (Å²) in [5.74, 6) is 0.631. The monoisotopic (exact) mass is 317 g/mol. The van der Waals surface area contributed by atoms with Gasteiger partial charge in [-0.05, 0) is 54.4 Å². The summed E-state index contributed by atoms with van der Waals surface area (Å²) in [7, 11) is 1.61. The van der Waals surface area contributed by atoms with Crippen LogP contribution in [0.15, 0.2) is 72.8 Å². The molecule has 0 fully saturated rings. The van der Waals surface area contributed by atoms with Gasteiger partial charge in [0.2, 0.25) is 0 Å². The van der Waals surface area contributed by atoms with Crippen LogP contribution in [0.2, 0.25) is 0 Å². The first kappa shape index (κ1) is 15.8. The molecule has 0 spiro atoms. The van der Waals surface area contributed by atoms with Gasteiger partial charge in [0.15, 0.2) is 0 Å². The summed E-state index contributed by atoms with van der Waals surface area (Å²) in [4.78, 5) is 12.3. The molecule has 0 radical (unpaired) electrons. The van der Waals surface area contributed by atoms with E-state index in [0.717, 1.165) is 22.6 Å². The number of hydrogen-bond donors (Lipinski definition) is 1. The number of hydrogen-bond acceptors (Lipinski definition) is 2. The lowest BCUT2D eigenvalue weighted by Crippen LogP contribution is -2.11. The first-order valence-electron chi connectivity index (χ1n) is 7.78. The van der Waals surface area contributed by atoms with Crippen LogP contribution < -0.4 is 10.1 Å². The Morgan fingerprint density at radius 1 is 0.792 bits per heavy atom. The summed E-state index contributed by atoms with van der Waals surface area (Å²) < 4.78 is 5.11. The number of rotatable bonds is 4. The van der Waals surface area contributed by atoms with E-state index >= 15 is 0 Å².